The van der Waals surface area contributed by atoms with Crippen molar-refractivity contribution in [3.63, 3.8) is 0 Å². The van der Waals surface area contributed by atoms with E-state index in [1.807, 2.05) is 0 Å². The molecular weight excluding hydrogens is 172 g/mol. The largest absolute Gasteiger partial charge is 0.466 e. The minimum absolute atomic E-state index is 0.121. The van der Waals surface area contributed by atoms with Gasteiger partial charge in [-0.3, -0.25) is 0 Å². The minimum atomic E-state index is 0.121. The Kier molecular flexibility index (Phi) is 2.80. The van der Waals surface area contributed by atoms with E-state index in [1.54, 1.807) is 0 Å². The normalized spacial score (nSPS) is 13.3. The Bertz CT molecular complexity index is 294. The van der Waals surface area contributed by atoms with Gasteiger partial charge in [-0.25, -0.2) is 0 Å². The molecule has 0 aliphatic carbocycles. The third kappa shape index (κ3) is 3.21. The molecular formula is C13H22O. The molecule has 1 aromatic rings. The summed E-state index contributed by atoms with van der Waals surface area (Å²) in [6.07, 6.45) is 1.00. The molecule has 1 heteroatoms. The predicted molar refractivity (Wildman–Crippen MR) is 60.6 cm³/mol. The van der Waals surface area contributed by atoms with Crippen molar-refractivity contribution in [2.45, 2.75) is 53.4 Å². The molecule has 0 N–H and O–H groups in total. The lowest BCUT2D eigenvalue weighted by atomic mass is 9.91. The average Bonchev–Trinajstić information content (AvgIpc) is 2.29. The molecule has 0 amide bonds. The topological polar surface area (TPSA) is 13.1 Å². The van der Waals surface area contributed by atoms with Crippen LogP contribution in [-0.2, 0) is 11.8 Å². The van der Waals surface area contributed by atoms with Crippen LogP contribution in [0, 0.1) is 5.41 Å². The van der Waals surface area contributed by atoms with E-state index in [1.165, 1.54) is 0 Å². The smallest absolute Gasteiger partial charge is 0.109 e. The Morgan fingerprint density at radius 2 is 1.57 bits per heavy atom. The molecule has 0 aromatic carbocycles. The first-order chi connectivity index (χ1) is 6.18. The van der Waals surface area contributed by atoms with Crippen molar-refractivity contribution in [1.29, 1.82) is 0 Å². The van der Waals surface area contributed by atoms with Gasteiger partial charge in [0, 0.05) is 11.8 Å². The third-order valence-electron chi connectivity index (χ3n) is 2.11. The Hall–Kier alpha value is -0.720. The molecule has 1 aromatic heterocycles. The highest BCUT2D eigenvalue weighted by Crippen LogP contribution is 2.27. The summed E-state index contributed by atoms with van der Waals surface area (Å²) >= 11 is 0. The summed E-state index contributed by atoms with van der Waals surface area (Å²) in [5.41, 5.74) is 0.420. The minimum Gasteiger partial charge on any atom is -0.466 e. The molecule has 1 nitrogen and oxygen atoms in total. The first kappa shape index (κ1) is 11.4. The van der Waals surface area contributed by atoms with E-state index < -0.39 is 0 Å². The lowest BCUT2D eigenvalue weighted by Crippen LogP contribution is -2.10. The van der Waals surface area contributed by atoms with Crippen LogP contribution in [0.15, 0.2) is 16.5 Å². The zero-order valence-corrected chi connectivity index (χ0v) is 10.3. The van der Waals surface area contributed by atoms with Gasteiger partial charge >= 0.3 is 0 Å². The molecule has 0 aliphatic heterocycles. The zero-order chi connectivity index (χ0) is 11.0. The SMILES string of the molecule is CC(C)(C)Cc1ccc(C(C)(C)C)o1. The zero-order valence-electron chi connectivity index (χ0n) is 10.3. The molecule has 1 rings (SSSR count). The summed E-state index contributed by atoms with van der Waals surface area (Å²) in [6.45, 7) is 13.2. The van der Waals surface area contributed by atoms with Gasteiger partial charge in [0.2, 0.25) is 0 Å². The molecule has 0 bridgehead atoms. The monoisotopic (exact) mass is 194 g/mol. The molecule has 1 heterocycles. The van der Waals surface area contributed by atoms with E-state index >= 15 is 0 Å². The quantitative estimate of drug-likeness (QED) is 0.654. The molecule has 0 atom stereocenters. The van der Waals surface area contributed by atoms with Gasteiger partial charge < -0.3 is 4.42 Å². The summed E-state index contributed by atoms with van der Waals surface area (Å²) in [5, 5.41) is 0. The summed E-state index contributed by atoms with van der Waals surface area (Å²) < 4.78 is 5.82. The van der Waals surface area contributed by atoms with E-state index in [2.05, 4.69) is 53.7 Å². The van der Waals surface area contributed by atoms with E-state index in [-0.39, 0.29) is 5.41 Å². The maximum Gasteiger partial charge on any atom is 0.109 e. The summed E-state index contributed by atoms with van der Waals surface area (Å²) in [7, 11) is 0. The van der Waals surface area contributed by atoms with E-state index in [0.717, 1.165) is 17.9 Å². The Balaban J connectivity index is 2.79. The molecule has 0 unspecified atom stereocenters. The molecule has 0 saturated heterocycles. The molecule has 14 heavy (non-hydrogen) atoms. The first-order valence-electron chi connectivity index (χ1n) is 5.28. The second-order valence-corrected chi connectivity index (χ2v) is 6.25. The fourth-order valence-electron chi connectivity index (χ4n) is 1.40. The maximum atomic E-state index is 5.82. The van der Waals surface area contributed by atoms with Gasteiger partial charge in [0.1, 0.15) is 11.5 Å². The summed E-state index contributed by atoms with van der Waals surface area (Å²) in [6, 6.07) is 4.20. The molecule has 80 valence electrons. The fraction of sp³-hybridized carbons (Fsp3) is 0.692. The van der Waals surface area contributed by atoms with E-state index in [4.69, 9.17) is 4.42 Å². The summed E-state index contributed by atoms with van der Waals surface area (Å²) in [4.78, 5) is 0. The highest BCUT2D eigenvalue weighted by Gasteiger charge is 2.20. The van der Waals surface area contributed by atoms with Crippen molar-refractivity contribution in [2.75, 3.05) is 0 Å². The van der Waals surface area contributed by atoms with Gasteiger partial charge in [0.15, 0.2) is 0 Å². The van der Waals surface area contributed by atoms with Gasteiger partial charge in [0.25, 0.3) is 0 Å². The molecule has 0 aliphatic rings. The molecule has 0 fully saturated rings. The lowest BCUT2D eigenvalue weighted by molar-refractivity contribution is 0.331. The molecule has 0 spiro atoms. The van der Waals surface area contributed by atoms with Gasteiger partial charge in [0.05, 0.1) is 0 Å². The van der Waals surface area contributed by atoms with Gasteiger partial charge in [-0.2, -0.15) is 0 Å². The Labute approximate surface area is 87.5 Å². The predicted octanol–water partition coefficient (Wildman–Crippen LogP) is 4.17. The van der Waals surface area contributed by atoms with Crippen molar-refractivity contribution in [3.05, 3.63) is 23.7 Å². The number of furan rings is 1. The second-order valence-electron chi connectivity index (χ2n) is 6.25. The van der Waals surface area contributed by atoms with Crippen LogP contribution in [0.1, 0.15) is 53.1 Å². The second kappa shape index (κ2) is 3.45. The molecule has 0 saturated carbocycles. The van der Waals surface area contributed by atoms with Gasteiger partial charge in [-0.05, 0) is 17.5 Å². The van der Waals surface area contributed by atoms with Crippen LogP contribution in [0.5, 0.6) is 0 Å². The summed E-state index contributed by atoms with van der Waals surface area (Å²) in [5.74, 6) is 2.18. The van der Waals surface area contributed by atoms with Crippen molar-refractivity contribution in [2.24, 2.45) is 5.41 Å². The van der Waals surface area contributed by atoms with Crippen molar-refractivity contribution < 1.29 is 4.42 Å². The average molecular weight is 194 g/mol. The van der Waals surface area contributed by atoms with Gasteiger partial charge in [-0.15, -0.1) is 0 Å². The van der Waals surface area contributed by atoms with Crippen molar-refractivity contribution >= 4 is 0 Å². The third-order valence-corrected chi connectivity index (χ3v) is 2.11. The number of hydrogen-bond donors (Lipinski definition) is 0. The van der Waals surface area contributed by atoms with Crippen LogP contribution in [0.3, 0.4) is 0 Å². The Morgan fingerprint density at radius 3 is 1.93 bits per heavy atom. The number of rotatable bonds is 1. The van der Waals surface area contributed by atoms with Crippen LogP contribution in [0.25, 0.3) is 0 Å². The number of hydrogen-bond acceptors (Lipinski definition) is 1. The van der Waals surface area contributed by atoms with Crippen molar-refractivity contribution in [3.8, 4) is 0 Å². The van der Waals surface area contributed by atoms with Gasteiger partial charge in [-0.1, -0.05) is 41.5 Å². The maximum absolute atomic E-state index is 5.82. The van der Waals surface area contributed by atoms with Crippen LogP contribution >= 0.6 is 0 Å². The highest BCUT2D eigenvalue weighted by molar-refractivity contribution is 5.14. The van der Waals surface area contributed by atoms with Crippen molar-refractivity contribution in [1.82, 2.24) is 0 Å². The lowest BCUT2D eigenvalue weighted by Gasteiger charge is -2.17. The van der Waals surface area contributed by atoms with Crippen LogP contribution in [0.4, 0.5) is 0 Å². The highest BCUT2D eigenvalue weighted by atomic mass is 16.3. The Morgan fingerprint density at radius 1 is 1.00 bits per heavy atom. The van der Waals surface area contributed by atoms with E-state index in [0.29, 0.717) is 5.41 Å². The van der Waals surface area contributed by atoms with Crippen LogP contribution in [0.2, 0.25) is 0 Å². The first-order valence-corrected chi connectivity index (χ1v) is 5.28. The van der Waals surface area contributed by atoms with Crippen LogP contribution in [-0.4, -0.2) is 0 Å². The van der Waals surface area contributed by atoms with Crippen LogP contribution < -0.4 is 0 Å². The standard InChI is InChI=1S/C13H22O/c1-12(2,3)9-10-7-8-11(14-10)13(4,5)6/h7-8H,9H2,1-6H3. The fourth-order valence-corrected chi connectivity index (χ4v) is 1.40. The molecule has 0 radical (unpaired) electrons. The van der Waals surface area contributed by atoms with E-state index in [9.17, 15) is 0 Å².